The van der Waals surface area contributed by atoms with Crippen LogP contribution < -0.4 is 0 Å². The van der Waals surface area contributed by atoms with E-state index >= 15 is 0 Å². The first-order valence-electron chi connectivity index (χ1n) is 8.35. The Hall–Kier alpha value is -2.28. The summed E-state index contributed by atoms with van der Waals surface area (Å²) in [5.74, 6) is -0.512. The average molecular weight is 349 g/mol. The molecule has 5 nitrogen and oxygen atoms in total. The standard InChI is InChI=1S/C18H21F2N3O2/c1-11(10-16(21)25-15-9-5-4-8-14(15)24)23-13-7-3-2-6-12(13)22-18(23)17(19)20/h2-3,6-7,10,14-15,17,21,24H,4-5,8-9H2,1H3/b11-10+,21-16?/t14-,15+/m1/s1. The summed E-state index contributed by atoms with van der Waals surface area (Å²) < 4.78 is 33.6. The molecule has 0 radical (unpaired) electrons. The van der Waals surface area contributed by atoms with Crippen LogP contribution in [0.3, 0.4) is 0 Å². The van der Waals surface area contributed by atoms with E-state index in [1.165, 1.54) is 10.6 Å². The van der Waals surface area contributed by atoms with E-state index < -0.39 is 18.6 Å². The van der Waals surface area contributed by atoms with Gasteiger partial charge in [-0.1, -0.05) is 18.6 Å². The van der Waals surface area contributed by atoms with Crippen molar-refractivity contribution in [2.75, 3.05) is 0 Å². The Kier molecular flexibility index (Phi) is 5.13. The van der Waals surface area contributed by atoms with Crippen LogP contribution in [0.25, 0.3) is 16.7 Å². The molecule has 1 heterocycles. The van der Waals surface area contributed by atoms with Crippen LogP contribution in [0.1, 0.15) is 44.9 Å². The lowest BCUT2D eigenvalue weighted by atomic mass is 9.95. The maximum absolute atomic E-state index is 13.4. The SMILES string of the molecule is C/C(=C\C(=N)O[C@H]1CCCC[C@H]1O)n1c(C(F)F)nc2ccccc21. The van der Waals surface area contributed by atoms with Gasteiger partial charge < -0.3 is 9.84 Å². The molecule has 1 aliphatic rings. The number of halogens is 2. The maximum atomic E-state index is 13.4. The molecule has 2 N–H and O–H groups in total. The molecule has 2 aromatic rings. The number of rotatable bonds is 4. The van der Waals surface area contributed by atoms with E-state index in [1.807, 2.05) is 0 Å². The van der Waals surface area contributed by atoms with Crippen molar-refractivity contribution in [3.63, 3.8) is 0 Å². The van der Waals surface area contributed by atoms with E-state index in [2.05, 4.69) is 4.98 Å². The molecule has 0 bridgehead atoms. The van der Waals surface area contributed by atoms with Crippen LogP contribution in [0.5, 0.6) is 0 Å². The molecule has 134 valence electrons. The monoisotopic (exact) mass is 349 g/mol. The number of hydrogen-bond acceptors (Lipinski definition) is 4. The fraction of sp³-hybridized carbons (Fsp3) is 0.444. The highest BCUT2D eigenvalue weighted by Crippen LogP contribution is 2.27. The Balaban J connectivity index is 1.87. The second-order valence-electron chi connectivity index (χ2n) is 6.25. The number of fused-ring (bicyclic) bond motifs is 1. The normalized spacial score (nSPS) is 21.7. The Morgan fingerprint density at radius 1 is 1.36 bits per heavy atom. The second kappa shape index (κ2) is 7.31. The van der Waals surface area contributed by atoms with Gasteiger partial charge >= 0.3 is 0 Å². The number of allylic oxidation sites excluding steroid dienone is 1. The van der Waals surface area contributed by atoms with E-state index in [0.717, 1.165) is 12.8 Å². The fourth-order valence-corrected chi connectivity index (χ4v) is 3.23. The molecular formula is C18H21F2N3O2. The molecule has 1 saturated carbocycles. The summed E-state index contributed by atoms with van der Waals surface area (Å²) in [7, 11) is 0. The number of ether oxygens (including phenoxy) is 1. The highest BCUT2D eigenvalue weighted by molar-refractivity contribution is 5.92. The number of para-hydroxylation sites is 2. The van der Waals surface area contributed by atoms with Gasteiger partial charge in [0.25, 0.3) is 6.43 Å². The zero-order chi connectivity index (χ0) is 18.0. The van der Waals surface area contributed by atoms with E-state index in [0.29, 0.717) is 29.6 Å². The highest BCUT2D eigenvalue weighted by Gasteiger charge is 2.25. The number of aliphatic hydroxyl groups excluding tert-OH is 1. The minimum Gasteiger partial charge on any atom is -0.472 e. The lowest BCUT2D eigenvalue weighted by Gasteiger charge is -2.27. The second-order valence-corrected chi connectivity index (χ2v) is 6.25. The number of imidazole rings is 1. The lowest BCUT2D eigenvalue weighted by Crippen LogP contribution is -2.33. The molecule has 2 atom stereocenters. The van der Waals surface area contributed by atoms with Crippen LogP contribution in [0, 0.1) is 5.41 Å². The molecule has 3 rings (SSSR count). The summed E-state index contributed by atoms with van der Waals surface area (Å²) in [6.45, 7) is 1.63. The number of benzene rings is 1. The third-order valence-corrected chi connectivity index (χ3v) is 4.42. The van der Waals surface area contributed by atoms with Crippen LogP contribution in [0.4, 0.5) is 8.78 Å². The Morgan fingerprint density at radius 2 is 2.08 bits per heavy atom. The van der Waals surface area contributed by atoms with Crippen LogP contribution in [-0.4, -0.2) is 32.8 Å². The predicted octanol–water partition coefficient (Wildman–Crippen LogP) is 4.13. The van der Waals surface area contributed by atoms with Crippen LogP contribution >= 0.6 is 0 Å². The van der Waals surface area contributed by atoms with E-state index in [1.54, 1.807) is 31.2 Å². The summed E-state index contributed by atoms with van der Waals surface area (Å²) in [5, 5.41) is 17.9. The third-order valence-electron chi connectivity index (χ3n) is 4.42. The van der Waals surface area contributed by atoms with Gasteiger partial charge in [0.05, 0.1) is 17.1 Å². The van der Waals surface area contributed by atoms with Gasteiger partial charge in [-0.25, -0.2) is 13.8 Å². The number of nitrogens with one attached hydrogen (secondary N) is 1. The summed E-state index contributed by atoms with van der Waals surface area (Å²) in [4.78, 5) is 3.99. The molecule has 1 aromatic carbocycles. The summed E-state index contributed by atoms with van der Waals surface area (Å²) in [6.07, 6.45) is 0.886. The summed E-state index contributed by atoms with van der Waals surface area (Å²) in [6, 6.07) is 6.87. The number of hydrogen-bond donors (Lipinski definition) is 2. The third kappa shape index (κ3) is 3.71. The molecule has 0 amide bonds. The van der Waals surface area contributed by atoms with Gasteiger partial charge in [-0.15, -0.1) is 0 Å². The average Bonchev–Trinajstić information content (AvgIpc) is 2.97. The van der Waals surface area contributed by atoms with Crippen molar-refractivity contribution >= 4 is 22.6 Å². The zero-order valence-corrected chi connectivity index (χ0v) is 14.0. The summed E-state index contributed by atoms with van der Waals surface area (Å²) in [5.41, 5.74) is 1.44. The largest absolute Gasteiger partial charge is 0.472 e. The first-order chi connectivity index (χ1) is 12.0. The van der Waals surface area contributed by atoms with Crippen molar-refractivity contribution in [2.45, 2.75) is 51.2 Å². The zero-order valence-electron chi connectivity index (χ0n) is 14.0. The summed E-state index contributed by atoms with van der Waals surface area (Å²) >= 11 is 0. The van der Waals surface area contributed by atoms with Crippen molar-refractivity contribution in [3.8, 4) is 0 Å². The topological polar surface area (TPSA) is 71.1 Å². The first kappa shape index (κ1) is 17.5. The van der Waals surface area contributed by atoms with Gasteiger partial charge in [-0.2, -0.15) is 0 Å². The van der Waals surface area contributed by atoms with Crippen LogP contribution in [0.15, 0.2) is 30.3 Å². The minimum atomic E-state index is -2.73. The van der Waals surface area contributed by atoms with Gasteiger partial charge in [-0.05, 0) is 38.3 Å². The van der Waals surface area contributed by atoms with Crippen molar-refractivity contribution in [3.05, 3.63) is 36.2 Å². The quantitative estimate of drug-likeness (QED) is 0.644. The smallest absolute Gasteiger partial charge is 0.295 e. The van der Waals surface area contributed by atoms with Gasteiger partial charge in [0, 0.05) is 11.8 Å². The number of alkyl halides is 2. The number of aromatic nitrogens is 2. The van der Waals surface area contributed by atoms with Crippen molar-refractivity contribution in [2.24, 2.45) is 0 Å². The van der Waals surface area contributed by atoms with Crippen LogP contribution in [-0.2, 0) is 4.74 Å². The molecule has 0 spiro atoms. The van der Waals surface area contributed by atoms with E-state index in [9.17, 15) is 13.9 Å². The molecular weight excluding hydrogens is 328 g/mol. The van der Waals surface area contributed by atoms with Gasteiger partial charge in [0.15, 0.2) is 5.82 Å². The van der Waals surface area contributed by atoms with Gasteiger partial charge in [0.1, 0.15) is 6.10 Å². The highest BCUT2D eigenvalue weighted by atomic mass is 19.3. The molecule has 1 aromatic heterocycles. The minimum absolute atomic E-state index is 0.151. The molecule has 0 unspecified atom stereocenters. The Bertz CT molecular complexity index is 801. The molecule has 1 aliphatic carbocycles. The van der Waals surface area contributed by atoms with Crippen LogP contribution in [0.2, 0.25) is 0 Å². The Morgan fingerprint density at radius 3 is 2.80 bits per heavy atom. The maximum Gasteiger partial charge on any atom is 0.295 e. The predicted molar refractivity (Wildman–Crippen MR) is 91.7 cm³/mol. The fourth-order valence-electron chi connectivity index (χ4n) is 3.23. The van der Waals surface area contributed by atoms with E-state index in [4.69, 9.17) is 10.1 Å². The Labute approximate surface area is 144 Å². The van der Waals surface area contributed by atoms with Gasteiger partial charge in [0.2, 0.25) is 5.90 Å². The molecule has 0 saturated heterocycles. The lowest BCUT2D eigenvalue weighted by molar-refractivity contribution is -0.00000288. The van der Waals surface area contributed by atoms with E-state index in [-0.39, 0.29) is 11.7 Å². The number of nitrogens with zero attached hydrogens (tertiary/aromatic N) is 2. The van der Waals surface area contributed by atoms with Crippen molar-refractivity contribution < 1.29 is 18.6 Å². The molecule has 7 heteroatoms. The first-order valence-corrected chi connectivity index (χ1v) is 8.35. The van der Waals surface area contributed by atoms with Crippen molar-refractivity contribution in [1.29, 1.82) is 5.41 Å². The van der Waals surface area contributed by atoms with Crippen molar-refractivity contribution in [1.82, 2.24) is 9.55 Å². The van der Waals surface area contributed by atoms with Gasteiger partial charge in [-0.3, -0.25) is 9.98 Å². The number of aliphatic hydroxyl groups is 1. The molecule has 25 heavy (non-hydrogen) atoms. The molecule has 1 fully saturated rings. The molecule has 0 aliphatic heterocycles.